The lowest BCUT2D eigenvalue weighted by atomic mass is 10.1. The molecule has 0 radical (unpaired) electrons. The quantitative estimate of drug-likeness (QED) is 0.435. The minimum Gasteiger partial charge on any atom is -0.324 e. The summed E-state index contributed by atoms with van der Waals surface area (Å²) in [5, 5.41) is 2.58. The van der Waals surface area contributed by atoms with Crippen LogP contribution in [0.5, 0.6) is 0 Å². The number of thiazole rings is 1. The highest BCUT2D eigenvalue weighted by Gasteiger charge is 2.20. The van der Waals surface area contributed by atoms with Crippen molar-refractivity contribution in [3.63, 3.8) is 0 Å². The van der Waals surface area contributed by atoms with Crippen molar-refractivity contribution in [1.29, 1.82) is 0 Å². The number of rotatable bonds is 6. The third-order valence-electron chi connectivity index (χ3n) is 4.85. The van der Waals surface area contributed by atoms with E-state index in [4.69, 9.17) is 0 Å². The Kier molecular flexibility index (Phi) is 6.24. The van der Waals surface area contributed by atoms with Gasteiger partial charge in [0.15, 0.2) is 9.99 Å². The largest absolute Gasteiger partial charge is 0.337 e. The van der Waals surface area contributed by atoms with E-state index >= 15 is 0 Å². The van der Waals surface area contributed by atoms with Crippen LogP contribution in [0.4, 0.5) is 10.1 Å². The SMILES string of the molecule is CCc1ccc(-n2c(=O)c3sc(SC)nc3n(CC(=O)Nc3cccc(F)c3)c2=O)cc1. The topological polar surface area (TPSA) is 86.0 Å². The Hall–Kier alpha value is -3.24. The standard InChI is InChI=1S/C22H19FN4O3S2/c1-3-13-7-9-16(10-8-13)27-20(29)18-19(25-21(31-2)32-18)26(22(27)30)12-17(28)24-15-6-4-5-14(23)11-15/h4-11H,3,12H2,1-2H3,(H,24,28). The maximum atomic E-state index is 13.4. The number of anilines is 1. The number of hydrogen-bond acceptors (Lipinski definition) is 6. The molecule has 4 rings (SSSR count). The Bertz CT molecular complexity index is 1420. The maximum absolute atomic E-state index is 13.4. The molecule has 164 valence electrons. The fraction of sp³-hybridized carbons (Fsp3) is 0.182. The highest BCUT2D eigenvalue weighted by Crippen LogP contribution is 2.25. The monoisotopic (exact) mass is 470 g/mol. The van der Waals surface area contributed by atoms with Gasteiger partial charge in [-0.05, 0) is 48.6 Å². The van der Waals surface area contributed by atoms with E-state index in [1.807, 2.05) is 25.3 Å². The van der Waals surface area contributed by atoms with Gasteiger partial charge in [-0.25, -0.2) is 18.7 Å². The molecule has 2 aromatic carbocycles. The summed E-state index contributed by atoms with van der Waals surface area (Å²) in [4.78, 5) is 43.6. The Morgan fingerprint density at radius 3 is 2.59 bits per heavy atom. The lowest BCUT2D eigenvalue weighted by molar-refractivity contribution is -0.116. The molecule has 7 nitrogen and oxygen atoms in total. The summed E-state index contributed by atoms with van der Waals surface area (Å²) in [5.74, 6) is -1.03. The van der Waals surface area contributed by atoms with Crippen molar-refractivity contribution < 1.29 is 9.18 Å². The average Bonchev–Trinajstić information content (AvgIpc) is 3.22. The number of carbonyl (C=O) groups excluding carboxylic acids is 1. The van der Waals surface area contributed by atoms with E-state index in [2.05, 4.69) is 10.3 Å². The summed E-state index contributed by atoms with van der Waals surface area (Å²) in [6, 6.07) is 12.6. The first-order chi connectivity index (χ1) is 15.4. The molecular formula is C22H19FN4O3S2. The highest BCUT2D eigenvalue weighted by atomic mass is 32.2. The molecule has 2 aromatic heterocycles. The molecule has 0 unspecified atom stereocenters. The third kappa shape index (κ3) is 4.23. The second-order valence-electron chi connectivity index (χ2n) is 6.92. The van der Waals surface area contributed by atoms with Gasteiger partial charge in [0, 0.05) is 5.69 Å². The molecule has 4 aromatic rings. The number of aromatic nitrogens is 3. The van der Waals surface area contributed by atoms with Gasteiger partial charge in [-0.15, -0.1) is 11.3 Å². The van der Waals surface area contributed by atoms with Crippen LogP contribution in [0.1, 0.15) is 12.5 Å². The van der Waals surface area contributed by atoms with E-state index in [0.717, 1.165) is 16.6 Å². The first-order valence-electron chi connectivity index (χ1n) is 9.76. The molecule has 0 spiro atoms. The summed E-state index contributed by atoms with van der Waals surface area (Å²) in [6.07, 6.45) is 2.64. The van der Waals surface area contributed by atoms with Gasteiger partial charge in [0.2, 0.25) is 5.91 Å². The Morgan fingerprint density at radius 1 is 1.19 bits per heavy atom. The molecule has 0 fully saturated rings. The van der Waals surface area contributed by atoms with Gasteiger partial charge in [0.05, 0.1) is 5.69 Å². The lowest BCUT2D eigenvalue weighted by Crippen LogP contribution is -2.40. The van der Waals surface area contributed by atoms with Crippen molar-refractivity contribution in [3.8, 4) is 5.69 Å². The van der Waals surface area contributed by atoms with E-state index in [0.29, 0.717) is 10.0 Å². The molecule has 0 aliphatic carbocycles. The summed E-state index contributed by atoms with van der Waals surface area (Å²) < 4.78 is 16.6. The van der Waals surface area contributed by atoms with E-state index in [1.165, 1.54) is 45.9 Å². The smallest absolute Gasteiger partial charge is 0.324 e. The molecule has 2 heterocycles. The van der Waals surface area contributed by atoms with Crippen LogP contribution in [-0.2, 0) is 17.8 Å². The van der Waals surface area contributed by atoms with Gasteiger partial charge in [-0.1, -0.05) is 36.9 Å². The molecule has 0 saturated heterocycles. The zero-order chi connectivity index (χ0) is 22.8. The molecule has 10 heteroatoms. The minimum absolute atomic E-state index is 0.158. The van der Waals surface area contributed by atoms with Crippen molar-refractivity contribution in [2.75, 3.05) is 11.6 Å². The van der Waals surface area contributed by atoms with E-state index in [-0.39, 0.29) is 22.6 Å². The predicted octanol–water partition coefficient (Wildman–Crippen LogP) is 3.67. The number of amides is 1. The van der Waals surface area contributed by atoms with Crippen molar-refractivity contribution >= 4 is 45.0 Å². The summed E-state index contributed by atoms with van der Waals surface area (Å²) in [5.41, 5.74) is 0.765. The third-order valence-corrected chi connectivity index (χ3v) is 6.87. The Labute approximate surface area is 190 Å². The lowest BCUT2D eigenvalue weighted by Gasteiger charge is -2.12. The van der Waals surface area contributed by atoms with Gasteiger partial charge < -0.3 is 5.32 Å². The molecule has 0 atom stereocenters. The van der Waals surface area contributed by atoms with Crippen molar-refractivity contribution in [2.24, 2.45) is 0 Å². The van der Waals surface area contributed by atoms with Crippen molar-refractivity contribution in [3.05, 3.63) is 80.7 Å². The number of halogens is 1. The normalized spacial score (nSPS) is 11.1. The van der Waals surface area contributed by atoms with Gasteiger partial charge in [-0.2, -0.15) is 0 Å². The van der Waals surface area contributed by atoms with Gasteiger partial charge in [-0.3, -0.25) is 14.2 Å². The number of benzene rings is 2. The number of nitrogens with one attached hydrogen (secondary N) is 1. The Morgan fingerprint density at radius 2 is 1.94 bits per heavy atom. The molecule has 0 bridgehead atoms. The van der Waals surface area contributed by atoms with Crippen LogP contribution in [0.2, 0.25) is 0 Å². The van der Waals surface area contributed by atoms with E-state index < -0.39 is 23.0 Å². The predicted molar refractivity (Wildman–Crippen MR) is 126 cm³/mol. The van der Waals surface area contributed by atoms with Crippen LogP contribution in [0, 0.1) is 5.82 Å². The van der Waals surface area contributed by atoms with Gasteiger partial charge in [0.25, 0.3) is 5.56 Å². The number of nitrogens with zero attached hydrogens (tertiary/aromatic N) is 3. The van der Waals surface area contributed by atoms with Crippen molar-refractivity contribution in [1.82, 2.24) is 14.1 Å². The number of fused-ring (bicyclic) bond motifs is 1. The number of carbonyl (C=O) groups is 1. The number of aryl methyl sites for hydroxylation is 1. The van der Waals surface area contributed by atoms with Gasteiger partial charge in [0.1, 0.15) is 17.1 Å². The molecule has 0 aliphatic heterocycles. The fourth-order valence-electron chi connectivity index (χ4n) is 3.26. The second-order valence-corrected chi connectivity index (χ2v) is 8.98. The average molecular weight is 471 g/mol. The molecule has 32 heavy (non-hydrogen) atoms. The van der Waals surface area contributed by atoms with Gasteiger partial charge >= 0.3 is 5.69 Å². The molecule has 0 saturated carbocycles. The van der Waals surface area contributed by atoms with Crippen LogP contribution in [0.25, 0.3) is 16.0 Å². The van der Waals surface area contributed by atoms with Crippen LogP contribution in [0.15, 0.2) is 62.5 Å². The zero-order valence-electron chi connectivity index (χ0n) is 17.3. The summed E-state index contributed by atoms with van der Waals surface area (Å²) >= 11 is 2.52. The van der Waals surface area contributed by atoms with Crippen LogP contribution in [0.3, 0.4) is 0 Å². The fourth-order valence-corrected chi connectivity index (χ4v) is 4.76. The summed E-state index contributed by atoms with van der Waals surface area (Å²) in [6.45, 7) is 1.63. The van der Waals surface area contributed by atoms with E-state index in [1.54, 1.807) is 18.2 Å². The van der Waals surface area contributed by atoms with Crippen LogP contribution in [-0.4, -0.2) is 26.3 Å². The second kappa shape index (κ2) is 9.09. The molecule has 1 amide bonds. The molecular weight excluding hydrogens is 451 g/mol. The number of thioether (sulfide) groups is 1. The highest BCUT2D eigenvalue weighted by molar-refractivity contribution is 8.00. The van der Waals surface area contributed by atoms with Crippen LogP contribution < -0.4 is 16.6 Å². The number of hydrogen-bond donors (Lipinski definition) is 1. The van der Waals surface area contributed by atoms with Crippen LogP contribution >= 0.6 is 23.1 Å². The summed E-state index contributed by atoms with van der Waals surface area (Å²) in [7, 11) is 0. The Balaban J connectivity index is 1.83. The first-order valence-corrected chi connectivity index (χ1v) is 11.8. The minimum atomic E-state index is -0.668. The first kappa shape index (κ1) is 22.0. The van der Waals surface area contributed by atoms with Crippen molar-refractivity contribution in [2.45, 2.75) is 24.2 Å². The molecule has 1 N–H and O–H groups in total. The van der Waals surface area contributed by atoms with E-state index in [9.17, 15) is 18.8 Å². The zero-order valence-corrected chi connectivity index (χ0v) is 18.9. The maximum Gasteiger partial charge on any atom is 0.337 e. The molecule has 0 aliphatic rings.